The number of hydrogen-bond donors (Lipinski definition) is 4. The van der Waals surface area contributed by atoms with Crippen LogP contribution in [0.2, 0.25) is 0 Å². The molecule has 0 unspecified atom stereocenters. The molecule has 23 heteroatoms. The van der Waals surface area contributed by atoms with Gasteiger partial charge in [0.25, 0.3) is 0 Å². The minimum absolute atomic E-state index is 0.0867. The molecular weight excluding hydrogens is 689 g/mol. The standard InChI is InChI=1S/C23H25FN10O8P2S2/c24-14-17-13(41-22(14)34-9-29-15-18(25)27-7-28-19(15)34)6-40-43(36,45)39-5-11-10(4-38-44(37,46)42-17)3-12(11)33-8-30-16-20(35)31-23-26-1-2-32(23)21(16)33/h1-2,7-14,17,22H,3-6H2,(H,36,45)(H,37,46)(H2,25,27,28)(H,26,31,35)/t10-,11-,12-,13-,14-,17-,22-,43+,44+/m1/s1. The van der Waals surface area contributed by atoms with Gasteiger partial charge in [-0.15, -0.1) is 0 Å². The molecule has 0 amide bonds. The molecule has 3 aliphatic rings. The molecule has 5 aromatic heterocycles. The molecule has 8 rings (SSSR count). The first kappa shape index (κ1) is 30.5. The maximum Gasteiger partial charge on any atom is 0.386 e. The van der Waals surface area contributed by atoms with E-state index < -0.39 is 44.8 Å². The van der Waals surface area contributed by atoms with E-state index in [0.717, 1.165) is 0 Å². The number of nitrogen functional groups attached to an aromatic ring is 1. The van der Waals surface area contributed by atoms with Gasteiger partial charge in [0.1, 0.15) is 24.1 Å². The summed E-state index contributed by atoms with van der Waals surface area (Å²) in [5.41, 5.74) is 7.09. The van der Waals surface area contributed by atoms with Crippen LogP contribution in [0.1, 0.15) is 18.7 Å². The first-order valence-electron chi connectivity index (χ1n) is 13.9. The molecule has 0 spiro atoms. The molecule has 0 aromatic carbocycles. The zero-order valence-electron chi connectivity index (χ0n) is 23.3. The number of anilines is 1. The zero-order valence-corrected chi connectivity index (χ0v) is 26.9. The molecular formula is C23H25FN10O8P2S2. The second-order valence-electron chi connectivity index (χ2n) is 11.1. The van der Waals surface area contributed by atoms with E-state index in [1.807, 2.05) is 4.57 Å². The molecule has 0 radical (unpaired) electrons. The first-order valence-corrected chi connectivity index (χ1v) is 19.3. The number of imidazole rings is 3. The van der Waals surface area contributed by atoms with E-state index in [2.05, 4.69) is 54.4 Å². The fourth-order valence-electron chi connectivity index (χ4n) is 6.22. The van der Waals surface area contributed by atoms with Crippen LogP contribution in [-0.2, 0) is 32.0 Å². The molecule has 1 saturated carbocycles. The van der Waals surface area contributed by atoms with E-state index in [-0.39, 0.29) is 65.2 Å². The number of rotatable bonds is 2. The minimum Gasteiger partial charge on any atom is -0.492 e. The summed E-state index contributed by atoms with van der Waals surface area (Å²) in [6, 6.07) is -0.286. The summed E-state index contributed by atoms with van der Waals surface area (Å²) in [5.74, 6) is -0.579. The van der Waals surface area contributed by atoms with E-state index >= 15 is 4.39 Å². The third-order valence-electron chi connectivity index (χ3n) is 8.50. The van der Waals surface area contributed by atoms with Gasteiger partial charge in [-0.1, -0.05) is 24.5 Å². The average molecular weight is 715 g/mol. The van der Waals surface area contributed by atoms with Crippen molar-refractivity contribution in [1.29, 1.82) is 0 Å². The number of aromatic hydroxyl groups is 1. The van der Waals surface area contributed by atoms with E-state index in [1.165, 1.54) is 17.2 Å². The molecule has 2 saturated heterocycles. The van der Waals surface area contributed by atoms with Gasteiger partial charge in [-0.3, -0.25) is 18.0 Å². The number of ether oxygens (including phenoxy) is 1. The van der Waals surface area contributed by atoms with Crippen molar-refractivity contribution in [1.82, 2.24) is 43.4 Å². The number of fused-ring (bicyclic) bond motifs is 6. The third-order valence-corrected chi connectivity index (χ3v) is 11.8. The van der Waals surface area contributed by atoms with Gasteiger partial charge in [0.15, 0.2) is 35.0 Å². The normalized spacial score (nSPS) is 35.7. The number of thiol groups is 2. The monoisotopic (exact) mass is 714 g/mol. The van der Waals surface area contributed by atoms with Crippen molar-refractivity contribution < 1.29 is 41.5 Å². The van der Waals surface area contributed by atoms with Crippen molar-refractivity contribution in [3.63, 3.8) is 0 Å². The van der Waals surface area contributed by atoms with Crippen molar-refractivity contribution in [3.05, 3.63) is 31.4 Å². The molecule has 2 aliphatic heterocycles. The number of halogens is 1. The second kappa shape index (κ2) is 11.1. The lowest BCUT2D eigenvalue weighted by Crippen LogP contribution is -2.43. The van der Waals surface area contributed by atoms with Crippen molar-refractivity contribution in [2.75, 3.05) is 25.6 Å². The Hall–Kier alpha value is -2.87. The van der Waals surface area contributed by atoms with E-state index in [1.54, 1.807) is 23.1 Å². The average Bonchev–Trinajstić information content (AvgIpc) is 3.78. The third kappa shape index (κ3) is 5.09. The van der Waals surface area contributed by atoms with E-state index in [4.69, 9.17) is 28.6 Å². The molecule has 7 heterocycles. The number of nitrogens with zero attached hydrogens (tertiary/aromatic N) is 9. The maximum absolute atomic E-state index is 16.1. The molecule has 3 fully saturated rings. The molecule has 46 heavy (non-hydrogen) atoms. The Kier molecular flexibility index (Phi) is 7.35. The van der Waals surface area contributed by atoms with Crippen LogP contribution in [0.25, 0.3) is 28.1 Å². The number of nitrogens with two attached hydrogens (primary N) is 1. The highest BCUT2D eigenvalue weighted by atomic mass is 32.7. The van der Waals surface area contributed by atoms with Crippen LogP contribution < -0.4 is 5.73 Å². The lowest BCUT2D eigenvalue weighted by atomic mass is 9.70. The van der Waals surface area contributed by atoms with Gasteiger partial charge in [0, 0.05) is 24.4 Å². The smallest absolute Gasteiger partial charge is 0.386 e. The summed E-state index contributed by atoms with van der Waals surface area (Å²) >= 11 is 8.29. The Morgan fingerprint density at radius 3 is 2.59 bits per heavy atom. The molecule has 1 aliphatic carbocycles. The molecule has 3 N–H and O–H groups in total. The second-order valence-corrected chi connectivity index (χ2v) is 16.9. The molecule has 5 aromatic rings. The van der Waals surface area contributed by atoms with E-state index in [9.17, 15) is 14.2 Å². The largest absolute Gasteiger partial charge is 0.492 e. The van der Waals surface area contributed by atoms with Crippen LogP contribution in [0.3, 0.4) is 0 Å². The van der Waals surface area contributed by atoms with Gasteiger partial charge in [0.2, 0.25) is 11.7 Å². The van der Waals surface area contributed by atoms with Crippen LogP contribution in [0, 0.1) is 11.8 Å². The van der Waals surface area contributed by atoms with E-state index in [0.29, 0.717) is 12.1 Å². The maximum atomic E-state index is 16.1. The highest BCUT2D eigenvalue weighted by Crippen LogP contribution is 2.60. The minimum atomic E-state index is -4.18. The molecule has 0 bridgehead atoms. The summed E-state index contributed by atoms with van der Waals surface area (Å²) in [5, 5.41) is 10.4. The summed E-state index contributed by atoms with van der Waals surface area (Å²) in [7, 11) is 0. The number of aromatic nitrogens is 9. The lowest BCUT2D eigenvalue weighted by Gasteiger charge is -2.45. The SMILES string of the molecule is Nc1ncnc2c1ncn2[C@@H]1O[C@@H]2CO[P@@](=O)(S)OC[C@@H]3[C@@H](CO[P@](=O)(S)O[C@H]2[C@H]1F)C[C@H]3n1cnc2c(O)nc3nccn3c21. The van der Waals surface area contributed by atoms with Gasteiger partial charge < -0.3 is 29.2 Å². The van der Waals surface area contributed by atoms with Crippen molar-refractivity contribution in [3.8, 4) is 5.88 Å². The van der Waals surface area contributed by atoms with Crippen LogP contribution in [0.15, 0.2) is 31.4 Å². The van der Waals surface area contributed by atoms with Gasteiger partial charge in [-0.25, -0.2) is 38.4 Å². The lowest BCUT2D eigenvalue weighted by molar-refractivity contribution is -0.0408. The Bertz CT molecular complexity index is 2080. The first-order chi connectivity index (χ1) is 22.0. The van der Waals surface area contributed by atoms with Crippen molar-refractivity contribution in [2.45, 2.75) is 37.1 Å². The summed E-state index contributed by atoms with van der Waals surface area (Å²) in [6.07, 6.45) is 1.66. The summed E-state index contributed by atoms with van der Waals surface area (Å²) in [6.45, 7) is -8.94. The molecule has 244 valence electrons. The van der Waals surface area contributed by atoms with Crippen LogP contribution in [0.5, 0.6) is 5.88 Å². The topological polar surface area (TPSA) is 218 Å². The van der Waals surface area contributed by atoms with Crippen LogP contribution in [-0.4, -0.2) is 86.7 Å². The Labute approximate surface area is 268 Å². The fraction of sp³-hybridized carbons (Fsp3) is 0.478. The van der Waals surface area contributed by atoms with Gasteiger partial charge >= 0.3 is 13.6 Å². The number of alkyl halides is 1. The highest BCUT2D eigenvalue weighted by molar-refractivity contribution is 8.44. The highest BCUT2D eigenvalue weighted by Gasteiger charge is 2.52. The quantitative estimate of drug-likeness (QED) is 0.153. The van der Waals surface area contributed by atoms with Gasteiger partial charge in [-0.2, -0.15) is 4.98 Å². The Balaban J connectivity index is 1.07. The predicted molar refractivity (Wildman–Crippen MR) is 163 cm³/mol. The summed E-state index contributed by atoms with van der Waals surface area (Å²) < 4.78 is 76.2. The molecule has 18 nitrogen and oxygen atoms in total. The van der Waals surface area contributed by atoms with Gasteiger partial charge in [-0.05, 0) is 12.3 Å². The van der Waals surface area contributed by atoms with Crippen LogP contribution in [0.4, 0.5) is 10.2 Å². The van der Waals surface area contributed by atoms with Crippen LogP contribution >= 0.6 is 38.1 Å². The fourth-order valence-corrected chi connectivity index (χ4v) is 8.91. The summed E-state index contributed by atoms with van der Waals surface area (Å²) in [4.78, 5) is 24.7. The Morgan fingerprint density at radius 2 is 1.74 bits per heavy atom. The Morgan fingerprint density at radius 1 is 0.978 bits per heavy atom. The van der Waals surface area contributed by atoms with Crippen molar-refractivity contribution in [2.24, 2.45) is 11.8 Å². The van der Waals surface area contributed by atoms with Crippen molar-refractivity contribution >= 4 is 72.0 Å². The van der Waals surface area contributed by atoms with Gasteiger partial charge in [0.05, 0.1) is 32.5 Å². The molecule has 9 atom stereocenters. The number of hydrogen-bond acceptors (Lipinski definition) is 15. The predicted octanol–water partition coefficient (Wildman–Crippen LogP) is 3.14. The zero-order chi connectivity index (χ0) is 32.0.